The van der Waals surface area contributed by atoms with Crippen LogP contribution in [0.15, 0.2) is 24.4 Å². The summed E-state index contributed by atoms with van der Waals surface area (Å²) in [6.07, 6.45) is 1.50. The molecule has 0 aliphatic heterocycles. The lowest BCUT2D eigenvalue weighted by molar-refractivity contribution is 0.0698. The van der Waals surface area contributed by atoms with E-state index in [-0.39, 0.29) is 11.7 Å². The second kappa shape index (κ2) is 3.89. The van der Waals surface area contributed by atoms with Crippen LogP contribution in [0, 0.1) is 0 Å². The van der Waals surface area contributed by atoms with Gasteiger partial charge < -0.3 is 14.8 Å². The van der Waals surface area contributed by atoms with E-state index in [0.29, 0.717) is 11.1 Å². The Balaban J connectivity index is 2.63. The van der Waals surface area contributed by atoms with Crippen molar-refractivity contribution in [2.45, 2.75) is 20.0 Å². The molecule has 0 atom stereocenters. The van der Waals surface area contributed by atoms with E-state index in [4.69, 9.17) is 9.84 Å². The Morgan fingerprint density at radius 1 is 1.44 bits per heavy atom. The van der Waals surface area contributed by atoms with E-state index >= 15 is 0 Å². The largest absolute Gasteiger partial charge is 0.490 e. The Labute approximate surface area is 92.9 Å². The van der Waals surface area contributed by atoms with Crippen molar-refractivity contribution in [3.8, 4) is 5.75 Å². The van der Waals surface area contributed by atoms with Gasteiger partial charge in [0.1, 0.15) is 5.75 Å². The van der Waals surface area contributed by atoms with Gasteiger partial charge in [-0.25, -0.2) is 4.79 Å². The SMILES string of the molecule is CC(C)Oc1cccc2[nH]cc(C(=O)O)c12. The Bertz CT molecular complexity index is 528. The van der Waals surface area contributed by atoms with Gasteiger partial charge in [-0.15, -0.1) is 0 Å². The molecule has 0 spiro atoms. The maximum Gasteiger partial charge on any atom is 0.338 e. The fourth-order valence-electron chi connectivity index (χ4n) is 1.67. The number of hydrogen-bond acceptors (Lipinski definition) is 2. The Hall–Kier alpha value is -1.97. The zero-order valence-electron chi connectivity index (χ0n) is 9.15. The van der Waals surface area contributed by atoms with Crippen LogP contribution < -0.4 is 4.74 Å². The number of fused-ring (bicyclic) bond motifs is 1. The number of carboxylic acid groups (broad SMARTS) is 1. The molecule has 84 valence electrons. The molecule has 1 aromatic heterocycles. The number of aromatic nitrogens is 1. The van der Waals surface area contributed by atoms with Crippen LogP contribution in [0.5, 0.6) is 5.75 Å². The van der Waals surface area contributed by atoms with Crippen LogP contribution >= 0.6 is 0 Å². The minimum atomic E-state index is -0.953. The third kappa shape index (κ3) is 1.74. The summed E-state index contributed by atoms with van der Waals surface area (Å²) in [7, 11) is 0. The smallest absolute Gasteiger partial charge is 0.338 e. The predicted octanol–water partition coefficient (Wildman–Crippen LogP) is 2.65. The normalized spacial score (nSPS) is 10.9. The van der Waals surface area contributed by atoms with E-state index in [0.717, 1.165) is 5.52 Å². The van der Waals surface area contributed by atoms with Crippen LogP contribution in [-0.4, -0.2) is 22.2 Å². The fourth-order valence-corrected chi connectivity index (χ4v) is 1.67. The van der Waals surface area contributed by atoms with E-state index in [1.165, 1.54) is 6.20 Å². The molecule has 1 aromatic carbocycles. The number of nitrogens with one attached hydrogen (secondary N) is 1. The molecule has 2 aromatic rings. The number of benzene rings is 1. The number of aromatic carboxylic acids is 1. The number of rotatable bonds is 3. The van der Waals surface area contributed by atoms with Gasteiger partial charge >= 0.3 is 5.97 Å². The summed E-state index contributed by atoms with van der Waals surface area (Å²) < 4.78 is 5.59. The number of carbonyl (C=O) groups is 1. The maximum absolute atomic E-state index is 11.0. The molecule has 0 saturated carbocycles. The number of aromatic amines is 1. The monoisotopic (exact) mass is 219 g/mol. The molecule has 16 heavy (non-hydrogen) atoms. The van der Waals surface area contributed by atoms with E-state index in [1.54, 1.807) is 6.07 Å². The highest BCUT2D eigenvalue weighted by Crippen LogP contribution is 2.29. The van der Waals surface area contributed by atoms with Crippen molar-refractivity contribution in [1.82, 2.24) is 4.98 Å². The van der Waals surface area contributed by atoms with Crippen molar-refractivity contribution >= 4 is 16.9 Å². The summed E-state index contributed by atoms with van der Waals surface area (Å²) >= 11 is 0. The average molecular weight is 219 g/mol. The van der Waals surface area contributed by atoms with E-state index < -0.39 is 5.97 Å². The Morgan fingerprint density at radius 3 is 2.81 bits per heavy atom. The van der Waals surface area contributed by atoms with Gasteiger partial charge in [-0.1, -0.05) is 6.07 Å². The highest BCUT2D eigenvalue weighted by molar-refractivity contribution is 6.05. The van der Waals surface area contributed by atoms with E-state index in [1.807, 2.05) is 26.0 Å². The molecular formula is C12H13NO3. The highest BCUT2D eigenvalue weighted by atomic mass is 16.5. The first kappa shape index (κ1) is 10.5. The van der Waals surface area contributed by atoms with Crippen molar-refractivity contribution in [2.75, 3.05) is 0 Å². The minimum absolute atomic E-state index is 0.0159. The van der Waals surface area contributed by atoms with E-state index in [2.05, 4.69) is 4.98 Å². The van der Waals surface area contributed by atoms with Gasteiger partial charge in [-0.2, -0.15) is 0 Å². The second-order valence-electron chi connectivity index (χ2n) is 3.85. The predicted molar refractivity (Wildman–Crippen MR) is 61.0 cm³/mol. The molecule has 0 unspecified atom stereocenters. The summed E-state index contributed by atoms with van der Waals surface area (Å²) in [5.74, 6) is -0.350. The number of carboxylic acids is 1. The van der Waals surface area contributed by atoms with Gasteiger partial charge in [0, 0.05) is 6.20 Å². The van der Waals surface area contributed by atoms with Crippen LogP contribution in [0.4, 0.5) is 0 Å². The number of ether oxygens (including phenoxy) is 1. The molecule has 4 heteroatoms. The van der Waals surface area contributed by atoms with Gasteiger partial charge in [0.2, 0.25) is 0 Å². The molecule has 0 aliphatic carbocycles. The third-order valence-corrected chi connectivity index (χ3v) is 2.26. The van der Waals surface area contributed by atoms with E-state index in [9.17, 15) is 4.79 Å². The van der Waals surface area contributed by atoms with Crippen molar-refractivity contribution in [3.05, 3.63) is 30.0 Å². The van der Waals surface area contributed by atoms with Gasteiger partial charge in [0.25, 0.3) is 0 Å². The lowest BCUT2D eigenvalue weighted by atomic mass is 10.1. The lowest BCUT2D eigenvalue weighted by Crippen LogP contribution is -2.06. The van der Waals surface area contributed by atoms with Crippen LogP contribution in [0.1, 0.15) is 24.2 Å². The van der Waals surface area contributed by atoms with Crippen LogP contribution in [0.3, 0.4) is 0 Å². The zero-order valence-corrected chi connectivity index (χ0v) is 9.15. The highest BCUT2D eigenvalue weighted by Gasteiger charge is 2.15. The number of H-pyrrole nitrogens is 1. The first-order valence-electron chi connectivity index (χ1n) is 5.09. The summed E-state index contributed by atoms with van der Waals surface area (Å²) in [6.45, 7) is 3.82. The van der Waals surface area contributed by atoms with Crippen LogP contribution in [0.25, 0.3) is 10.9 Å². The van der Waals surface area contributed by atoms with Crippen molar-refractivity contribution < 1.29 is 14.6 Å². The van der Waals surface area contributed by atoms with Crippen LogP contribution in [-0.2, 0) is 0 Å². The first-order chi connectivity index (χ1) is 7.59. The Kier molecular flexibility index (Phi) is 2.56. The molecule has 2 rings (SSSR count). The third-order valence-electron chi connectivity index (χ3n) is 2.26. The molecule has 0 radical (unpaired) electrons. The maximum atomic E-state index is 11.0. The Morgan fingerprint density at radius 2 is 2.19 bits per heavy atom. The molecular weight excluding hydrogens is 206 g/mol. The molecule has 1 heterocycles. The molecule has 0 aliphatic rings. The fraction of sp³-hybridized carbons (Fsp3) is 0.250. The molecule has 0 fully saturated rings. The minimum Gasteiger partial charge on any atom is -0.490 e. The van der Waals surface area contributed by atoms with Gasteiger partial charge in [0.05, 0.1) is 22.6 Å². The molecule has 2 N–H and O–H groups in total. The van der Waals surface area contributed by atoms with Crippen molar-refractivity contribution in [2.24, 2.45) is 0 Å². The molecule has 0 bridgehead atoms. The zero-order chi connectivity index (χ0) is 11.7. The summed E-state index contributed by atoms with van der Waals surface area (Å²) in [4.78, 5) is 14.0. The van der Waals surface area contributed by atoms with Crippen molar-refractivity contribution in [1.29, 1.82) is 0 Å². The summed E-state index contributed by atoms with van der Waals surface area (Å²) in [5, 5.41) is 9.68. The summed E-state index contributed by atoms with van der Waals surface area (Å²) in [5.41, 5.74) is 1.02. The molecule has 0 amide bonds. The average Bonchev–Trinajstić information content (AvgIpc) is 2.61. The summed E-state index contributed by atoms with van der Waals surface area (Å²) in [6, 6.07) is 5.44. The molecule has 4 nitrogen and oxygen atoms in total. The molecule has 0 saturated heterocycles. The van der Waals surface area contributed by atoms with Crippen molar-refractivity contribution in [3.63, 3.8) is 0 Å². The van der Waals surface area contributed by atoms with Gasteiger partial charge in [0.15, 0.2) is 0 Å². The standard InChI is InChI=1S/C12H13NO3/c1-7(2)16-10-5-3-4-9-11(10)8(6-13-9)12(14)15/h3-7,13H,1-2H3,(H,14,15). The van der Waals surface area contributed by atoms with Crippen LogP contribution in [0.2, 0.25) is 0 Å². The second-order valence-corrected chi connectivity index (χ2v) is 3.85. The lowest BCUT2D eigenvalue weighted by Gasteiger charge is -2.11. The first-order valence-corrected chi connectivity index (χ1v) is 5.09. The quantitative estimate of drug-likeness (QED) is 0.834. The number of hydrogen-bond donors (Lipinski definition) is 2. The van der Waals surface area contributed by atoms with Gasteiger partial charge in [-0.3, -0.25) is 0 Å². The van der Waals surface area contributed by atoms with Gasteiger partial charge in [-0.05, 0) is 26.0 Å². The topological polar surface area (TPSA) is 62.3 Å².